The first-order valence-electron chi connectivity index (χ1n) is 8.57. The van der Waals surface area contributed by atoms with Gasteiger partial charge in [-0.05, 0) is 60.6 Å². The number of carboxylic acids is 1. The summed E-state index contributed by atoms with van der Waals surface area (Å²) in [6.07, 6.45) is 4.28. The van der Waals surface area contributed by atoms with E-state index in [1.807, 2.05) is 0 Å². The molecule has 0 fully saturated rings. The first-order valence-corrected chi connectivity index (χ1v) is 9.73. The van der Waals surface area contributed by atoms with Crippen LogP contribution in [0.25, 0.3) is 6.08 Å². The summed E-state index contributed by atoms with van der Waals surface area (Å²) in [7, 11) is 0. The second-order valence-corrected chi connectivity index (χ2v) is 7.43. The topological polar surface area (TPSA) is 101 Å². The van der Waals surface area contributed by atoms with Gasteiger partial charge in [0.05, 0.1) is 16.6 Å². The normalized spacial score (nSPS) is 16.2. The Balaban J connectivity index is 1.78. The molecule has 0 spiro atoms. The number of halogens is 2. The molecule has 1 aliphatic rings. The maximum absolute atomic E-state index is 12.1. The maximum Gasteiger partial charge on any atom is 0.336 e. The van der Waals surface area contributed by atoms with Crippen molar-refractivity contribution < 1.29 is 19.4 Å². The largest absolute Gasteiger partial charge is 0.478 e. The number of benzene rings is 1. The highest BCUT2D eigenvalue weighted by atomic mass is 35.5. The van der Waals surface area contributed by atoms with Crippen molar-refractivity contribution in [3.63, 3.8) is 0 Å². The third kappa shape index (κ3) is 5.15. The third-order valence-electron chi connectivity index (χ3n) is 4.16. The number of carboxylic acid groups (broad SMARTS) is 1. The Kier molecular flexibility index (Phi) is 6.71. The molecule has 1 aromatic carbocycles. The number of thiocarbonyl (C=S) groups is 1. The van der Waals surface area contributed by atoms with Crippen LogP contribution in [-0.4, -0.2) is 27.1 Å². The van der Waals surface area contributed by atoms with Crippen LogP contribution in [0, 0.1) is 0 Å². The smallest absolute Gasteiger partial charge is 0.336 e. The summed E-state index contributed by atoms with van der Waals surface area (Å²) < 4.78 is 5.26. The minimum atomic E-state index is -1.09. The van der Waals surface area contributed by atoms with Gasteiger partial charge < -0.3 is 20.5 Å². The minimum Gasteiger partial charge on any atom is -0.478 e. The Morgan fingerprint density at radius 2 is 2.03 bits per heavy atom. The van der Waals surface area contributed by atoms with Crippen molar-refractivity contribution in [2.24, 2.45) is 0 Å². The monoisotopic (exact) mass is 463 g/mol. The number of allylic oxidation sites excluding steroid dienone is 1. The Morgan fingerprint density at radius 1 is 1.27 bits per heavy atom. The number of carbonyl (C=O) groups is 2. The second-order valence-electron chi connectivity index (χ2n) is 6.23. The van der Waals surface area contributed by atoms with Gasteiger partial charge in [0.15, 0.2) is 5.11 Å². The molecule has 0 amide bonds. The van der Waals surface area contributed by atoms with Crippen LogP contribution in [0.3, 0.4) is 0 Å². The highest BCUT2D eigenvalue weighted by Crippen LogP contribution is 2.32. The van der Waals surface area contributed by atoms with E-state index in [2.05, 4.69) is 15.6 Å². The van der Waals surface area contributed by atoms with Crippen molar-refractivity contribution in [2.45, 2.75) is 13.0 Å². The first-order chi connectivity index (χ1) is 14.2. The van der Waals surface area contributed by atoms with Crippen LogP contribution in [0.15, 0.2) is 53.9 Å². The second kappa shape index (κ2) is 9.25. The van der Waals surface area contributed by atoms with Crippen molar-refractivity contribution in [1.82, 2.24) is 15.6 Å². The maximum atomic E-state index is 12.1. The zero-order valence-electron chi connectivity index (χ0n) is 15.5. The fraction of sp³-hybridized carbons (Fsp3) is 0.100. The number of aliphatic carboxylic acids is 1. The Bertz CT molecular complexity index is 1100. The summed E-state index contributed by atoms with van der Waals surface area (Å²) in [6, 6.07) is 7.22. The van der Waals surface area contributed by atoms with Gasteiger partial charge in [-0.15, -0.1) is 0 Å². The summed E-state index contributed by atoms with van der Waals surface area (Å²) in [4.78, 5) is 27.6. The Morgan fingerprint density at radius 3 is 2.70 bits per heavy atom. The van der Waals surface area contributed by atoms with Gasteiger partial charge in [-0.2, -0.15) is 0 Å². The number of esters is 1. The number of rotatable bonds is 5. The van der Waals surface area contributed by atoms with E-state index in [4.69, 9.17) is 40.2 Å². The molecule has 0 aliphatic carbocycles. The van der Waals surface area contributed by atoms with Crippen molar-refractivity contribution >= 4 is 58.5 Å². The lowest BCUT2D eigenvalue weighted by atomic mass is 9.96. The molecule has 2 heterocycles. The Labute approximate surface area is 187 Å². The SMILES string of the molecule is CC1=C(C(=O)O)C(c2ccc(OC(=O)C=Cc3ccnc(Cl)c3)c(Cl)c2)NC(=S)N1. The van der Waals surface area contributed by atoms with E-state index < -0.39 is 18.0 Å². The molecule has 1 aliphatic heterocycles. The molecule has 3 N–H and O–H groups in total. The van der Waals surface area contributed by atoms with E-state index in [1.165, 1.54) is 30.5 Å². The van der Waals surface area contributed by atoms with Crippen LogP contribution in [0.2, 0.25) is 10.2 Å². The number of pyridine rings is 1. The Hall–Kier alpha value is -2.94. The van der Waals surface area contributed by atoms with Gasteiger partial charge in [-0.3, -0.25) is 0 Å². The molecule has 10 heteroatoms. The van der Waals surface area contributed by atoms with Crippen LogP contribution in [0.5, 0.6) is 5.75 Å². The van der Waals surface area contributed by atoms with Gasteiger partial charge in [-0.25, -0.2) is 14.6 Å². The zero-order chi connectivity index (χ0) is 21.8. The van der Waals surface area contributed by atoms with Crippen molar-refractivity contribution in [2.75, 3.05) is 0 Å². The molecule has 0 radical (unpaired) electrons. The van der Waals surface area contributed by atoms with Gasteiger partial charge in [0.1, 0.15) is 10.9 Å². The summed E-state index contributed by atoms with van der Waals surface area (Å²) in [5.41, 5.74) is 1.79. The van der Waals surface area contributed by atoms with E-state index in [9.17, 15) is 14.7 Å². The lowest BCUT2D eigenvalue weighted by Crippen LogP contribution is -2.44. The standard InChI is InChI=1S/C20H15Cl2N3O4S/c1-10-17(19(27)28)18(25-20(30)24-10)12-3-4-14(13(21)9-12)29-16(26)5-2-11-6-7-23-15(22)8-11/h2-9,18H,1H3,(H,27,28)(H2,24,25,30). The van der Waals surface area contributed by atoms with Crippen LogP contribution >= 0.6 is 35.4 Å². The summed E-state index contributed by atoms with van der Waals surface area (Å²) in [5, 5.41) is 16.0. The van der Waals surface area contributed by atoms with Gasteiger partial charge in [0.25, 0.3) is 0 Å². The van der Waals surface area contributed by atoms with Crippen molar-refractivity contribution in [3.05, 3.63) is 75.2 Å². The first kappa shape index (κ1) is 21.8. The summed E-state index contributed by atoms with van der Waals surface area (Å²) >= 11 is 17.2. The van der Waals surface area contributed by atoms with Crippen LogP contribution in [0.4, 0.5) is 0 Å². The fourth-order valence-electron chi connectivity index (χ4n) is 2.83. The average Bonchev–Trinajstić information content (AvgIpc) is 2.67. The lowest BCUT2D eigenvalue weighted by molar-refractivity contribution is -0.133. The van der Waals surface area contributed by atoms with E-state index in [-0.39, 0.29) is 16.3 Å². The van der Waals surface area contributed by atoms with Crippen molar-refractivity contribution in [3.8, 4) is 5.75 Å². The highest BCUT2D eigenvalue weighted by Gasteiger charge is 2.30. The molecule has 1 aromatic heterocycles. The highest BCUT2D eigenvalue weighted by molar-refractivity contribution is 7.80. The van der Waals surface area contributed by atoms with E-state index in [0.29, 0.717) is 27.1 Å². The van der Waals surface area contributed by atoms with E-state index in [1.54, 1.807) is 25.1 Å². The van der Waals surface area contributed by atoms with Gasteiger partial charge in [0, 0.05) is 18.0 Å². The van der Waals surface area contributed by atoms with Crippen LogP contribution < -0.4 is 15.4 Å². The molecule has 0 saturated heterocycles. The molecule has 3 rings (SSSR count). The van der Waals surface area contributed by atoms with E-state index in [0.717, 1.165) is 0 Å². The predicted octanol–water partition coefficient (Wildman–Crippen LogP) is 3.88. The van der Waals surface area contributed by atoms with Gasteiger partial charge in [-0.1, -0.05) is 29.3 Å². The van der Waals surface area contributed by atoms with Gasteiger partial charge >= 0.3 is 11.9 Å². The molecule has 1 unspecified atom stereocenters. The minimum absolute atomic E-state index is 0.114. The number of nitrogens with zero attached hydrogens (tertiary/aromatic N) is 1. The summed E-state index contributed by atoms with van der Waals surface area (Å²) in [5.74, 6) is -1.59. The average molecular weight is 464 g/mol. The number of carbonyl (C=O) groups excluding carboxylic acids is 1. The lowest BCUT2D eigenvalue weighted by Gasteiger charge is -2.29. The van der Waals surface area contributed by atoms with E-state index >= 15 is 0 Å². The molecule has 0 bridgehead atoms. The molecule has 0 saturated carbocycles. The number of nitrogens with one attached hydrogen (secondary N) is 2. The summed E-state index contributed by atoms with van der Waals surface area (Å²) in [6.45, 7) is 1.63. The third-order valence-corrected chi connectivity index (χ3v) is 4.88. The number of aromatic nitrogens is 1. The molecule has 1 atom stereocenters. The molecule has 30 heavy (non-hydrogen) atoms. The zero-order valence-corrected chi connectivity index (χ0v) is 17.8. The molecule has 2 aromatic rings. The fourth-order valence-corrected chi connectivity index (χ4v) is 3.52. The molecule has 154 valence electrons. The van der Waals surface area contributed by atoms with Crippen LogP contribution in [-0.2, 0) is 9.59 Å². The number of hydrogen-bond donors (Lipinski definition) is 3. The predicted molar refractivity (Wildman–Crippen MR) is 117 cm³/mol. The quantitative estimate of drug-likeness (QED) is 0.202. The number of ether oxygens (including phenoxy) is 1. The van der Waals surface area contributed by atoms with Crippen LogP contribution in [0.1, 0.15) is 24.1 Å². The molecular formula is C20H15Cl2N3O4S. The van der Waals surface area contributed by atoms with Crippen molar-refractivity contribution in [1.29, 1.82) is 0 Å². The molecular weight excluding hydrogens is 449 g/mol. The van der Waals surface area contributed by atoms with Gasteiger partial charge in [0.2, 0.25) is 0 Å². The number of hydrogen-bond acceptors (Lipinski definition) is 5. The molecule has 7 nitrogen and oxygen atoms in total.